The number of thioether (sulfide) groups is 1. The highest BCUT2D eigenvalue weighted by atomic mass is 32.2. The van der Waals surface area contributed by atoms with Crippen LogP contribution in [0.3, 0.4) is 0 Å². The largest absolute Gasteiger partial charge is 0.481 e. The maximum Gasteiger partial charge on any atom is 0.407 e. The third-order valence-corrected chi connectivity index (χ3v) is 27.6. The molecule has 3 aromatic rings. The van der Waals surface area contributed by atoms with Crippen LogP contribution in [0.25, 0.3) is 0 Å². The minimum Gasteiger partial charge on any atom is -0.481 e. The Hall–Kier alpha value is -12.8. The maximum absolute atomic E-state index is 14.9. The number of carboxylic acid groups (broad SMARTS) is 5. The van der Waals surface area contributed by atoms with E-state index in [4.69, 9.17) is 19.0 Å². The lowest BCUT2D eigenvalue weighted by atomic mass is 9.81. The SMILES string of the molecule is CCC(=O)[C@H](CSC)NC(=O)CCC(=O)[C@H](CC(C)C)NC(=O)[C@@H]1CCCN1C(=O)COCCCC(=O)[C@H](Cc1ccc(/C(C)=N/OCCNC(=O)OCCOC)cc1)NC(=O)[C@H](CCC(=O)O)CC(=O)[C@H](CCC(=O)O)NC(=O)[C@H](CCC(=O)O)CC(=O)[C@H](CCC(=O)O)NC(=O)[C@H](CCC(=O)O)CC(=O)CCCCCN1/C(=C/C=C/C=C/C=C/C2=[N+](CC)c3ccc(C)cc3C2(C)C)C(C)(C)c2cc(S(=O)(=O)O)ccc21. The number of carboxylic acids is 5. The van der Waals surface area contributed by atoms with Gasteiger partial charge in [-0.2, -0.15) is 24.8 Å². The summed E-state index contributed by atoms with van der Waals surface area (Å²) in [6, 6.07) is 9.41. The Bertz CT molecular complexity index is 5510. The third kappa shape index (κ3) is 40.7. The summed E-state index contributed by atoms with van der Waals surface area (Å²) in [6.45, 7) is 20.1. The van der Waals surface area contributed by atoms with E-state index in [1.165, 1.54) is 52.7 Å². The van der Waals surface area contributed by atoms with Gasteiger partial charge >= 0.3 is 35.9 Å². The lowest BCUT2D eigenvalue weighted by molar-refractivity contribution is -0.433. The van der Waals surface area contributed by atoms with Gasteiger partial charge in [0.15, 0.2) is 34.6 Å². The number of aliphatic carboxylic acids is 5. The third-order valence-electron chi connectivity index (χ3n) is 26.1. The molecular formula is C106H147N10O30S2+. The Kier molecular flexibility index (Phi) is 51.8. The molecule has 42 heteroatoms. The minimum absolute atomic E-state index is 0.0194. The number of nitrogens with zero attached hydrogens (tertiary/aromatic N) is 4. The van der Waals surface area contributed by atoms with Crippen LogP contribution in [0.2, 0.25) is 0 Å². The van der Waals surface area contributed by atoms with Crippen LogP contribution in [-0.2, 0) is 128 Å². The zero-order chi connectivity index (χ0) is 110. The average molecular weight is 2110 g/mol. The lowest BCUT2D eigenvalue weighted by Crippen LogP contribution is -2.52. The molecule has 0 saturated carbocycles. The van der Waals surface area contributed by atoms with Crippen molar-refractivity contribution in [3.63, 3.8) is 0 Å². The molecule has 0 spiro atoms. The van der Waals surface area contributed by atoms with E-state index in [1.54, 1.807) is 50.4 Å². The van der Waals surface area contributed by atoms with Crippen molar-refractivity contribution in [3.8, 4) is 0 Å². The van der Waals surface area contributed by atoms with E-state index in [2.05, 4.69) is 93.6 Å². The number of carbonyl (C=O) groups is 18. The number of allylic oxidation sites excluding steroid dienone is 8. The molecule has 7 amide bonds. The van der Waals surface area contributed by atoms with Gasteiger partial charge in [-0.3, -0.25) is 86.1 Å². The number of Topliss-reactive ketones (excluding diaryl/α,β-unsaturated/α-hetero) is 6. The van der Waals surface area contributed by atoms with Crippen LogP contribution in [0.15, 0.2) is 119 Å². The Morgan fingerprint density at radius 1 is 0.581 bits per heavy atom. The van der Waals surface area contributed by atoms with Crippen molar-refractivity contribution >= 4 is 151 Å². The molecule has 3 heterocycles. The minimum atomic E-state index is -4.60. The number of methoxy groups -OCH3 is 1. The Morgan fingerprint density at radius 3 is 1.72 bits per heavy atom. The van der Waals surface area contributed by atoms with E-state index >= 15 is 0 Å². The van der Waals surface area contributed by atoms with Gasteiger partial charge in [-0.25, -0.2) is 4.79 Å². The first-order valence-corrected chi connectivity index (χ1v) is 53.0. The van der Waals surface area contributed by atoms with Crippen molar-refractivity contribution in [1.82, 2.24) is 36.8 Å². The van der Waals surface area contributed by atoms with Gasteiger partial charge in [-0.1, -0.05) is 112 Å². The van der Waals surface area contributed by atoms with Crippen LogP contribution in [0.4, 0.5) is 16.2 Å². The number of anilines is 1. The fourth-order valence-corrected chi connectivity index (χ4v) is 19.0. The number of ether oxygens (including phenoxy) is 3. The van der Waals surface area contributed by atoms with Gasteiger partial charge in [0.25, 0.3) is 10.1 Å². The summed E-state index contributed by atoms with van der Waals surface area (Å²) < 4.78 is 52.9. The summed E-state index contributed by atoms with van der Waals surface area (Å²) in [5.41, 5.74) is 7.16. The molecule has 0 aliphatic carbocycles. The molecule has 812 valence electrons. The predicted molar refractivity (Wildman–Crippen MR) is 550 cm³/mol. The maximum atomic E-state index is 14.9. The first-order valence-electron chi connectivity index (χ1n) is 50.2. The number of amides is 7. The van der Waals surface area contributed by atoms with Crippen molar-refractivity contribution < 1.29 is 148 Å². The molecule has 1 saturated heterocycles. The number of nitrogens with one attached hydrogen (secondary N) is 6. The monoisotopic (exact) mass is 2100 g/mol. The smallest absolute Gasteiger partial charge is 0.407 e. The number of carbonyl (C=O) groups excluding carboxylic acids is 13. The molecule has 148 heavy (non-hydrogen) atoms. The molecule has 1 fully saturated rings. The number of hydrogen-bond acceptors (Lipinski definition) is 27. The van der Waals surface area contributed by atoms with E-state index in [9.17, 15) is 125 Å². The summed E-state index contributed by atoms with van der Waals surface area (Å²) in [5, 5.41) is 69.2. The van der Waals surface area contributed by atoms with Crippen LogP contribution in [0.5, 0.6) is 0 Å². The molecule has 3 aromatic carbocycles. The van der Waals surface area contributed by atoms with Crippen molar-refractivity contribution in [2.75, 3.05) is 83.2 Å². The zero-order valence-electron chi connectivity index (χ0n) is 86.6. The molecule has 9 atom stereocenters. The molecule has 40 nitrogen and oxygen atoms in total. The number of oxime groups is 1. The normalized spacial score (nSPS) is 16.2. The topological polar surface area (TPSA) is 594 Å². The first kappa shape index (κ1) is 124. The van der Waals surface area contributed by atoms with E-state index in [0.29, 0.717) is 59.6 Å². The summed E-state index contributed by atoms with van der Waals surface area (Å²) in [6.07, 6.45) is 6.20. The molecule has 0 unspecified atom stereocenters. The second kappa shape index (κ2) is 61.9. The van der Waals surface area contributed by atoms with Crippen molar-refractivity contribution in [3.05, 3.63) is 137 Å². The molecule has 0 bridgehead atoms. The number of benzene rings is 3. The average Bonchev–Trinajstić information content (AvgIpc) is 1.63. The summed E-state index contributed by atoms with van der Waals surface area (Å²) >= 11 is 1.38. The Labute approximate surface area is 868 Å². The highest BCUT2D eigenvalue weighted by molar-refractivity contribution is 7.98. The highest BCUT2D eigenvalue weighted by Crippen LogP contribution is 2.49. The number of likely N-dealkylation sites (tertiary alicyclic amines) is 1. The van der Waals surface area contributed by atoms with Gasteiger partial charge in [0.2, 0.25) is 41.1 Å². The predicted octanol–water partition coefficient (Wildman–Crippen LogP) is 10.5. The fraction of sp³-hybridized carbons (Fsp3) is 0.566. The lowest BCUT2D eigenvalue weighted by Gasteiger charge is -2.27. The summed E-state index contributed by atoms with van der Waals surface area (Å²) in [5.74, 6) is -20.7. The summed E-state index contributed by atoms with van der Waals surface area (Å²) in [7, 11) is -3.15. The standard InChI is InChI=1S/C106H146N10O30S2/c1-13-86(118)82(65-147-12)108-93(123)44-43-88(120)80(57-66(3)4)112-103(138)85-26-23-52-116(85)94(124)64-144-53-24-27-87(119)81(59-69-31-33-70(34-32-69)68(6)113-146-54-50-107-104(139)145-56-55-143-11)111-102(137)73(37-47-97(129)130)62-90(122)79(40-49-99(133)134)110-101(136)72(36-46-96(127)128)61-89(121)78(39-48-98(131)132)109-100(135)71(35-45-95(125)126)60-74(117)25-19-18-22-51-115-84-42-38-75(148(140,141)142)63-77(84)106(9,10)92(115)29-21-17-15-16-20-28-91-105(7,8)76-58-67(5)30-41-83(76)114(91)14-2/h15-17,20-21,28-34,38,41-42,58,63,66,71-73,78-82,85H,13-14,18-19,22-27,35-37,39-40,43-57,59-62,64-65H2,1-12H3,(H11-,107,108,109,110,111,112,123,125,126,127,128,129,130,131,132,133,134,135,136,137,138,139,140,141,142)/p+1/b113-68+/t71-,72-,73-,78+,79+,80+,81+,82+,85+/m1/s1. The van der Waals surface area contributed by atoms with Crippen LogP contribution >= 0.6 is 11.8 Å². The second-order valence-corrected chi connectivity index (χ2v) is 40.9. The van der Waals surface area contributed by atoms with Gasteiger partial charge in [0, 0.05) is 168 Å². The molecule has 0 aromatic heterocycles. The van der Waals surface area contributed by atoms with E-state index in [1.807, 2.05) is 69.1 Å². The van der Waals surface area contributed by atoms with Crippen LogP contribution in [0, 0.1) is 30.6 Å². The highest BCUT2D eigenvalue weighted by Gasteiger charge is 2.46. The molecular weight excluding hydrogens is 1960 g/mol. The quantitative estimate of drug-likeness (QED) is 0.00624. The van der Waals surface area contributed by atoms with Crippen molar-refractivity contribution in [2.45, 2.75) is 288 Å². The van der Waals surface area contributed by atoms with E-state index < -0.39 is 260 Å². The van der Waals surface area contributed by atoms with Gasteiger partial charge < -0.3 is 86.3 Å². The molecule has 3 aliphatic heterocycles. The van der Waals surface area contributed by atoms with Gasteiger partial charge in [-0.05, 0) is 171 Å². The van der Waals surface area contributed by atoms with Gasteiger partial charge in [0.05, 0.1) is 59.4 Å². The number of unbranched alkanes of at least 4 members (excludes halogenated alkanes) is 2. The van der Waals surface area contributed by atoms with Crippen LogP contribution in [0.1, 0.15) is 251 Å². The molecule has 6 rings (SSSR count). The van der Waals surface area contributed by atoms with Gasteiger partial charge in [0.1, 0.15) is 38.2 Å². The fourth-order valence-electron chi connectivity index (χ4n) is 17.9. The first-order chi connectivity index (χ1) is 70.0. The van der Waals surface area contributed by atoms with E-state index in [-0.39, 0.29) is 126 Å². The number of alkyl carbamates (subject to hydrolysis) is 1. The van der Waals surface area contributed by atoms with Crippen LogP contribution < -0.4 is 36.8 Å². The number of rotatable bonds is 71. The number of fused-ring (bicyclic) bond motifs is 2. The number of hydrogen-bond donors (Lipinski definition) is 12. The number of aryl methyl sites for hydroxylation is 1. The van der Waals surface area contributed by atoms with Crippen molar-refractivity contribution in [1.29, 1.82) is 0 Å². The van der Waals surface area contributed by atoms with Gasteiger partial charge in [-0.15, -0.1) is 0 Å². The zero-order valence-corrected chi connectivity index (χ0v) is 88.3. The van der Waals surface area contributed by atoms with Crippen molar-refractivity contribution in [2.24, 2.45) is 28.8 Å². The van der Waals surface area contributed by atoms with Crippen LogP contribution in [-0.4, -0.2) is 280 Å². The Balaban J connectivity index is 1.16. The van der Waals surface area contributed by atoms with E-state index in [0.717, 1.165) is 18.0 Å². The Morgan fingerprint density at radius 2 is 1.16 bits per heavy atom. The summed E-state index contributed by atoms with van der Waals surface area (Å²) in [4.78, 5) is 250. The number of ketones is 6. The molecule has 12 N–H and O–H groups in total. The second-order valence-electron chi connectivity index (χ2n) is 38.6. The molecule has 3 aliphatic rings. The molecule has 0 radical (unpaired) electrons.